The van der Waals surface area contributed by atoms with Crippen LogP contribution < -0.4 is 10.5 Å². The van der Waals surface area contributed by atoms with Crippen molar-refractivity contribution in [3.63, 3.8) is 0 Å². The van der Waals surface area contributed by atoms with Crippen molar-refractivity contribution >= 4 is 23.5 Å². The number of anilines is 1. The third-order valence-corrected chi connectivity index (χ3v) is 6.90. The Morgan fingerprint density at radius 2 is 1.97 bits per heavy atom. The highest BCUT2D eigenvalue weighted by atomic mass is 35.5. The molecule has 1 aliphatic heterocycles. The molecule has 0 N–H and O–H groups in total. The summed E-state index contributed by atoms with van der Waals surface area (Å²) in [5, 5.41) is 4.36. The summed E-state index contributed by atoms with van der Waals surface area (Å²) < 4.78 is 17.1. The van der Waals surface area contributed by atoms with Crippen LogP contribution in [0.15, 0.2) is 35.5 Å². The molecule has 166 valence electrons. The second kappa shape index (κ2) is 7.40. The maximum Gasteiger partial charge on any atom is 0.258 e. The van der Waals surface area contributed by atoms with Crippen LogP contribution >= 0.6 is 11.6 Å². The van der Waals surface area contributed by atoms with Crippen LogP contribution in [0.5, 0.6) is 0 Å². The van der Waals surface area contributed by atoms with Crippen molar-refractivity contribution in [2.24, 2.45) is 25.9 Å². The number of fused-ring (bicyclic) bond motifs is 1. The lowest BCUT2D eigenvalue weighted by atomic mass is 10.2. The Labute approximate surface area is 188 Å². The zero-order valence-electron chi connectivity index (χ0n) is 17.7. The number of aryl methyl sites for hydroxylation is 1. The fourth-order valence-corrected chi connectivity index (χ4v) is 4.84. The molecular formula is C21H21ClFN7O2. The van der Waals surface area contributed by atoms with Crippen LogP contribution in [0, 0.1) is 17.7 Å². The van der Waals surface area contributed by atoms with Crippen LogP contribution in [0.4, 0.5) is 10.3 Å². The van der Waals surface area contributed by atoms with E-state index in [1.165, 1.54) is 33.8 Å². The van der Waals surface area contributed by atoms with E-state index in [-0.39, 0.29) is 40.6 Å². The minimum Gasteiger partial charge on any atom is -0.342 e. The number of hydrogen-bond donors (Lipinski definition) is 0. The Kier molecular flexibility index (Phi) is 4.77. The first-order valence-electron chi connectivity index (χ1n) is 10.2. The molecule has 11 heteroatoms. The van der Waals surface area contributed by atoms with Gasteiger partial charge in [0, 0.05) is 69.9 Å². The molecule has 1 saturated heterocycles. The van der Waals surface area contributed by atoms with E-state index >= 15 is 0 Å². The maximum atomic E-state index is 14.2. The molecule has 1 saturated carbocycles. The minimum atomic E-state index is -0.534. The molecule has 3 aromatic rings. The number of piperidine rings is 1. The molecule has 0 bridgehead atoms. The lowest BCUT2D eigenvalue weighted by Crippen LogP contribution is -2.38. The standard InChI is InChI=1S/C21H21ClFN7O2/c1-27-17(31)6-16(11-4-5-24-8-15(11)23)26-21(27)28(2)18-13-9-30(10-14(13)18)20(32)12-7-25-29(3)19(12)22/h4-8,13-14,18H,9-10H2,1-3H3/t13-,14+,18+. The average Bonchev–Trinajstić information content (AvgIpc) is 3.08. The van der Waals surface area contributed by atoms with Crippen LogP contribution in [-0.2, 0) is 14.1 Å². The Balaban J connectivity index is 1.35. The van der Waals surface area contributed by atoms with Gasteiger partial charge in [0.25, 0.3) is 11.5 Å². The number of halogens is 2. The SMILES string of the molecule is CN(c1nc(-c2ccncc2F)cc(=O)n1C)[C@H]1[C@@H]2CN(C(=O)c3cnn(C)c3Cl)C[C@@H]21. The Bertz CT molecular complexity index is 1280. The predicted octanol–water partition coefficient (Wildman–Crippen LogP) is 1.58. The van der Waals surface area contributed by atoms with Gasteiger partial charge < -0.3 is 9.80 Å². The fraction of sp³-hybridized carbons (Fsp3) is 0.381. The van der Waals surface area contributed by atoms with Gasteiger partial charge in [-0.05, 0) is 6.07 Å². The van der Waals surface area contributed by atoms with Crippen LogP contribution in [0.25, 0.3) is 11.3 Å². The van der Waals surface area contributed by atoms with Gasteiger partial charge in [-0.25, -0.2) is 9.37 Å². The van der Waals surface area contributed by atoms with Crippen LogP contribution in [0.2, 0.25) is 5.15 Å². The molecule has 1 amide bonds. The molecular weight excluding hydrogens is 437 g/mol. The smallest absolute Gasteiger partial charge is 0.258 e. The summed E-state index contributed by atoms with van der Waals surface area (Å²) in [7, 11) is 5.21. The number of nitrogens with zero attached hydrogens (tertiary/aromatic N) is 7. The van der Waals surface area contributed by atoms with Gasteiger partial charge in [0.1, 0.15) is 5.15 Å². The first kappa shape index (κ1) is 20.6. The van der Waals surface area contributed by atoms with Gasteiger partial charge in [-0.2, -0.15) is 5.10 Å². The molecule has 5 rings (SSSR count). The molecule has 1 aliphatic carbocycles. The topological polar surface area (TPSA) is 89.2 Å². The number of likely N-dealkylation sites (tertiary alicyclic amines) is 1. The normalized spacial score (nSPS) is 21.5. The highest BCUT2D eigenvalue weighted by molar-refractivity contribution is 6.32. The van der Waals surface area contributed by atoms with Crippen molar-refractivity contribution in [1.29, 1.82) is 0 Å². The Morgan fingerprint density at radius 1 is 1.25 bits per heavy atom. The van der Waals surface area contributed by atoms with Crippen molar-refractivity contribution in [2.45, 2.75) is 6.04 Å². The molecule has 0 spiro atoms. The van der Waals surface area contributed by atoms with Gasteiger partial charge in [0.15, 0.2) is 5.82 Å². The zero-order chi connectivity index (χ0) is 22.7. The molecule has 9 nitrogen and oxygen atoms in total. The highest BCUT2D eigenvalue weighted by Gasteiger charge is 2.59. The van der Waals surface area contributed by atoms with E-state index in [1.807, 2.05) is 11.9 Å². The molecule has 0 unspecified atom stereocenters. The summed E-state index contributed by atoms with van der Waals surface area (Å²) in [5.41, 5.74) is 0.621. The summed E-state index contributed by atoms with van der Waals surface area (Å²) in [6.07, 6.45) is 4.05. The number of amides is 1. The van der Waals surface area contributed by atoms with E-state index in [0.717, 1.165) is 6.20 Å². The molecule has 2 fully saturated rings. The first-order valence-corrected chi connectivity index (χ1v) is 10.5. The molecule has 0 radical (unpaired) electrons. The van der Waals surface area contributed by atoms with Gasteiger partial charge in [-0.3, -0.25) is 23.8 Å². The second-order valence-corrected chi connectivity index (χ2v) is 8.66. The van der Waals surface area contributed by atoms with Crippen molar-refractivity contribution in [1.82, 2.24) is 29.2 Å². The zero-order valence-corrected chi connectivity index (χ0v) is 18.5. The lowest BCUT2D eigenvalue weighted by molar-refractivity contribution is 0.0773. The number of aromatic nitrogens is 5. The molecule has 3 atom stereocenters. The van der Waals surface area contributed by atoms with Crippen LogP contribution in [0.1, 0.15) is 10.4 Å². The van der Waals surface area contributed by atoms with Crippen molar-refractivity contribution in [2.75, 3.05) is 25.0 Å². The third-order valence-electron chi connectivity index (χ3n) is 6.46. The van der Waals surface area contributed by atoms with Crippen molar-refractivity contribution < 1.29 is 9.18 Å². The van der Waals surface area contributed by atoms with Gasteiger partial charge in [-0.1, -0.05) is 11.6 Å². The van der Waals surface area contributed by atoms with Crippen molar-refractivity contribution in [3.8, 4) is 11.3 Å². The predicted molar refractivity (Wildman–Crippen MR) is 116 cm³/mol. The van der Waals surface area contributed by atoms with E-state index in [2.05, 4.69) is 15.1 Å². The number of rotatable bonds is 4. The molecule has 3 aromatic heterocycles. The quantitative estimate of drug-likeness (QED) is 0.591. The van der Waals surface area contributed by atoms with E-state index < -0.39 is 5.82 Å². The highest BCUT2D eigenvalue weighted by Crippen LogP contribution is 2.49. The average molecular weight is 458 g/mol. The summed E-state index contributed by atoms with van der Waals surface area (Å²) in [6, 6.07) is 2.96. The number of carbonyl (C=O) groups excluding carboxylic acids is 1. The molecule has 2 aliphatic rings. The first-order chi connectivity index (χ1) is 15.3. The largest absolute Gasteiger partial charge is 0.342 e. The van der Waals surface area contributed by atoms with E-state index in [4.69, 9.17) is 11.6 Å². The number of hydrogen-bond acceptors (Lipinski definition) is 6. The Hall–Kier alpha value is -3.27. The van der Waals surface area contributed by atoms with Crippen LogP contribution in [0.3, 0.4) is 0 Å². The van der Waals surface area contributed by atoms with Crippen LogP contribution in [-0.4, -0.2) is 61.3 Å². The fourth-order valence-electron chi connectivity index (χ4n) is 4.67. The minimum absolute atomic E-state index is 0.127. The van der Waals surface area contributed by atoms with E-state index in [1.54, 1.807) is 19.0 Å². The molecule has 32 heavy (non-hydrogen) atoms. The number of carbonyl (C=O) groups is 1. The van der Waals surface area contributed by atoms with Crippen molar-refractivity contribution in [3.05, 3.63) is 57.6 Å². The summed E-state index contributed by atoms with van der Waals surface area (Å²) in [5.74, 6) is 0.317. The van der Waals surface area contributed by atoms with E-state index in [0.29, 0.717) is 29.8 Å². The summed E-state index contributed by atoms with van der Waals surface area (Å²) in [4.78, 5) is 37.4. The van der Waals surface area contributed by atoms with Gasteiger partial charge in [0.05, 0.1) is 23.7 Å². The van der Waals surface area contributed by atoms with Gasteiger partial charge >= 0.3 is 0 Å². The van der Waals surface area contributed by atoms with Gasteiger partial charge in [0.2, 0.25) is 5.95 Å². The lowest BCUT2D eigenvalue weighted by Gasteiger charge is -2.26. The molecule has 4 heterocycles. The summed E-state index contributed by atoms with van der Waals surface area (Å²) in [6.45, 7) is 1.19. The monoisotopic (exact) mass is 457 g/mol. The van der Waals surface area contributed by atoms with Gasteiger partial charge in [-0.15, -0.1) is 0 Å². The van der Waals surface area contributed by atoms with E-state index in [9.17, 15) is 14.0 Å². The maximum absolute atomic E-state index is 14.2. The number of pyridine rings is 1. The summed E-state index contributed by atoms with van der Waals surface area (Å²) >= 11 is 6.17. The third kappa shape index (κ3) is 3.17. The second-order valence-electron chi connectivity index (χ2n) is 8.31. The molecule has 0 aromatic carbocycles. The Morgan fingerprint density at radius 3 is 2.59 bits per heavy atom.